The monoisotopic (exact) mass is 364 g/mol. The van der Waals surface area contributed by atoms with Gasteiger partial charge in [-0.15, -0.1) is 0 Å². The first-order valence-electron chi connectivity index (χ1n) is 8.47. The van der Waals surface area contributed by atoms with Gasteiger partial charge in [0.2, 0.25) is 0 Å². The molecular weight excluding hydrogens is 341 g/mol. The van der Waals surface area contributed by atoms with E-state index in [1.807, 2.05) is 19.1 Å². The predicted octanol–water partition coefficient (Wildman–Crippen LogP) is 5.64. The SMILES string of the molecule is Cc1ccccc1C(=O)Nc1cccc(NC(CC(C)C)C(F)(F)F)c1. The number of carbonyl (C=O) groups excluding carboxylic acids is 1. The van der Waals surface area contributed by atoms with E-state index in [4.69, 9.17) is 0 Å². The van der Waals surface area contributed by atoms with Gasteiger partial charge in [0.1, 0.15) is 6.04 Å². The summed E-state index contributed by atoms with van der Waals surface area (Å²) in [7, 11) is 0. The molecule has 0 aliphatic heterocycles. The Bertz CT molecular complexity index is 757. The van der Waals surface area contributed by atoms with Crippen molar-refractivity contribution in [1.29, 1.82) is 0 Å². The minimum atomic E-state index is -4.34. The fourth-order valence-corrected chi connectivity index (χ4v) is 2.66. The Balaban J connectivity index is 2.14. The highest BCUT2D eigenvalue weighted by molar-refractivity contribution is 6.05. The fourth-order valence-electron chi connectivity index (χ4n) is 2.66. The minimum absolute atomic E-state index is 0.0245. The number of anilines is 2. The van der Waals surface area contributed by atoms with Crippen LogP contribution in [0.1, 0.15) is 36.2 Å². The first kappa shape index (κ1) is 19.8. The van der Waals surface area contributed by atoms with Crippen molar-refractivity contribution in [2.75, 3.05) is 10.6 Å². The molecule has 0 fully saturated rings. The lowest BCUT2D eigenvalue weighted by molar-refractivity contribution is -0.145. The fraction of sp³-hybridized carbons (Fsp3) is 0.350. The molecule has 140 valence electrons. The lowest BCUT2D eigenvalue weighted by Crippen LogP contribution is -2.37. The molecule has 1 amide bonds. The molecule has 0 spiro atoms. The van der Waals surface area contributed by atoms with Crippen LogP contribution in [-0.4, -0.2) is 18.1 Å². The van der Waals surface area contributed by atoms with Crippen molar-refractivity contribution in [3.05, 3.63) is 59.7 Å². The molecule has 0 bridgehead atoms. The first-order chi connectivity index (χ1) is 12.2. The molecule has 0 saturated heterocycles. The highest BCUT2D eigenvalue weighted by Crippen LogP contribution is 2.29. The van der Waals surface area contributed by atoms with E-state index in [1.165, 1.54) is 6.07 Å². The van der Waals surface area contributed by atoms with E-state index in [2.05, 4.69) is 10.6 Å². The van der Waals surface area contributed by atoms with E-state index in [0.29, 0.717) is 16.9 Å². The number of hydrogen-bond acceptors (Lipinski definition) is 2. The zero-order valence-corrected chi connectivity index (χ0v) is 15.0. The quantitative estimate of drug-likeness (QED) is 0.697. The number of nitrogens with one attached hydrogen (secondary N) is 2. The number of hydrogen-bond donors (Lipinski definition) is 2. The van der Waals surface area contributed by atoms with E-state index in [9.17, 15) is 18.0 Å². The lowest BCUT2D eigenvalue weighted by Gasteiger charge is -2.24. The summed E-state index contributed by atoms with van der Waals surface area (Å²) in [4.78, 5) is 12.4. The number of alkyl halides is 3. The number of halogens is 3. The van der Waals surface area contributed by atoms with E-state index in [-0.39, 0.29) is 18.2 Å². The van der Waals surface area contributed by atoms with Crippen molar-refractivity contribution < 1.29 is 18.0 Å². The molecule has 0 saturated carbocycles. The van der Waals surface area contributed by atoms with Crippen LogP contribution in [0.5, 0.6) is 0 Å². The molecule has 2 N–H and O–H groups in total. The maximum absolute atomic E-state index is 13.2. The number of benzene rings is 2. The molecule has 2 aromatic carbocycles. The molecule has 1 unspecified atom stereocenters. The Morgan fingerprint density at radius 2 is 1.69 bits per heavy atom. The number of amides is 1. The smallest absolute Gasteiger partial charge is 0.374 e. The predicted molar refractivity (Wildman–Crippen MR) is 98.5 cm³/mol. The Hall–Kier alpha value is -2.50. The topological polar surface area (TPSA) is 41.1 Å². The average molecular weight is 364 g/mol. The summed E-state index contributed by atoms with van der Waals surface area (Å²) in [5, 5.41) is 5.27. The van der Waals surface area contributed by atoms with Crippen molar-refractivity contribution in [1.82, 2.24) is 0 Å². The van der Waals surface area contributed by atoms with Crippen molar-refractivity contribution in [2.45, 2.75) is 39.4 Å². The summed E-state index contributed by atoms with van der Waals surface area (Å²) in [5.41, 5.74) is 2.11. The molecule has 0 aliphatic rings. The molecule has 6 heteroatoms. The van der Waals surface area contributed by atoms with Gasteiger partial charge in [-0.1, -0.05) is 38.1 Å². The number of aryl methyl sites for hydroxylation is 1. The number of rotatable bonds is 6. The van der Waals surface area contributed by atoms with Crippen LogP contribution in [0.15, 0.2) is 48.5 Å². The molecule has 1 atom stereocenters. The number of carbonyl (C=O) groups is 1. The van der Waals surface area contributed by atoms with Gasteiger partial charge in [0.05, 0.1) is 0 Å². The van der Waals surface area contributed by atoms with Gasteiger partial charge in [-0.3, -0.25) is 4.79 Å². The first-order valence-corrected chi connectivity index (χ1v) is 8.47. The third-order valence-electron chi connectivity index (χ3n) is 3.95. The van der Waals surface area contributed by atoms with E-state index in [0.717, 1.165) is 5.56 Å². The highest BCUT2D eigenvalue weighted by Gasteiger charge is 2.39. The van der Waals surface area contributed by atoms with Crippen LogP contribution < -0.4 is 10.6 Å². The van der Waals surface area contributed by atoms with Crippen molar-refractivity contribution in [3.63, 3.8) is 0 Å². The van der Waals surface area contributed by atoms with Gasteiger partial charge in [-0.2, -0.15) is 13.2 Å². The van der Waals surface area contributed by atoms with Gasteiger partial charge in [0, 0.05) is 16.9 Å². The van der Waals surface area contributed by atoms with Crippen LogP contribution in [0.4, 0.5) is 24.5 Å². The Labute approximate surface area is 151 Å². The lowest BCUT2D eigenvalue weighted by atomic mass is 10.0. The maximum Gasteiger partial charge on any atom is 0.408 e. The average Bonchev–Trinajstić information content (AvgIpc) is 2.53. The Morgan fingerprint density at radius 3 is 2.31 bits per heavy atom. The molecule has 0 aromatic heterocycles. The van der Waals surface area contributed by atoms with E-state index >= 15 is 0 Å². The van der Waals surface area contributed by atoms with Crippen LogP contribution in [-0.2, 0) is 0 Å². The Kier molecular flexibility index (Phi) is 6.29. The Morgan fingerprint density at radius 1 is 1.04 bits per heavy atom. The molecule has 2 rings (SSSR count). The van der Waals surface area contributed by atoms with Crippen LogP contribution in [0.25, 0.3) is 0 Å². The molecule has 26 heavy (non-hydrogen) atoms. The summed E-state index contributed by atoms with van der Waals surface area (Å²) in [6, 6.07) is 11.8. The summed E-state index contributed by atoms with van der Waals surface area (Å²) in [6.07, 6.45) is -4.37. The molecule has 3 nitrogen and oxygen atoms in total. The van der Waals surface area contributed by atoms with Gasteiger partial charge in [0.15, 0.2) is 0 Å². The second-order valence-corrected chi connectivity index (χ2v) is 6.72. The maximum atomic E-state index is 13.2. The van der Waals surface area contributed by atoms with Gasteiger partial charge >= 0.3 is 6.18 Å². The third-order valence-corrected chi connectivity index (χ3v) is 3.95. The summed E-state index contributed by atoms with van der Waals surface area (Å²) in [5.74, 6) is -0.395. The normalized spacial score (nSPS) is 12.7. The second kappa shape index (κ2) is 8.25. The summed E-state index contributed by atoms with van der Waals surface area (Å²) < 4.78 is 39.6. The van der Waals surface area contributed by atoms with Gasteiger partial charge in [0.25, 0.3) is 5.91 Å². The van der Waals surface area contributed by atoms with Gasteiger partial charge in [-0.25, -0.2) is 0 Å². The third kappa shape index (κ3) is 5.51. The van der Waals surface area contributed by atoms with Crippen LogP contribution in [0.3, 0.4) is 0 Å². The standard InChI is InChI=1S/C20H23F3N2O/c1-13(2)11-18(20(21,22)23)24-15-8-6-9-16(12-15)25-19(26)17-10-5-4-7-14(17)3/h4-10,12-13,18,24H,11H2,1-3H3,(H,25,26). The highest BCUT2D eigenvalue weighted by atomic mass is 19.4. The van der Waals surface area contributed by atoms with Gasteiger partial charge < -0.3 is 10.6 Å². The van der Waals surface area contributed by atoms with Crippen LogP contribution in [0.2, 0.25) is 0 Å². The molecular formula is C20H23F3N2O. The summed E-state index contributed by atoms with van der Waals surface area (Å²) >= 11 is 0. The van der Waals surface area contributed by atoms with Gasteiger partial charge in [-0.05, 0) is 49.1 Å². The molecule has 2 aromatic rings. The second-order valence-electron chi connectivity index (χ2n) is 6.72. The molecule has 0 heterocycles. The van der Waals surface area contributed by atoms with E-state index in [1.54, 1.807) is 44.2 Å². The van der Waals surface area contributed by atoms with Crippen molar-refractivity contribution in [2.24, 2.45) is 5.92 Å². The molecule has 0 aliphatic carbocycles. The van der Waals surface area contributed by atoms with E-state index < -0.39 is 12.2 Å². The largest absolute Gasteiger partial charge is 0.408 e. The minimum Gasteiger partial charge on any atom is -0.374 e. The van der Waals surface area contributed by atoms with Crippen molar-refractivity contribution in [3.8, 4) is 0 Å². The van der Waals surface area contributed by atoms with Crippen molar-refractivity contribution >= 4 is 17.3 Å². The zero-order valence-electron chi connectivity index (χ0n) is 15.0. The molecule has 0 radical (unpaired) electrons. The summed E-state index contributed by atoms with van der Waals surface area (Å²) in [6.45, 7) is 5.32. The zero-order chi connectivity index (χ0) is 19.3. The van der Waals surface area contributed by atoms with Crippen LogP contribution in [0, 0.1) is 12.8 Å². The van der Waals surface area contributed by atoms with Crippen LogP contribution >= 0.6 is 0 Å².